The molecule has 0 spiro atoms. The zero-order valence-corrected chi connectivity index (χ0v) is 16.3. The fourth-order valence-corrected chi connectivity index (χ4v) is 4.99. The Balaban J connectivity index is 2.35. The molecule has 0 radical (unpaired) electrons. The van der Waals surface area contributed by atoms with E-state index in [-0.39, 0.29) is 15.5 Å². The van der Waals surface area contributed by atoms with Crippen LogP contribution in [0.1, 0.15) is 28.5 Å². The van der Waals surface area contributed by atoms with Gasteiger partial charge in [-0.15, -0.1) is 0 Å². The first-order valence-electron chi connectivity index (χ1n) is 8.17. The van der Waals surface area contributed by atoms with Crippen LogP contribution in [-0.4, -0.2) is 25.9 Å². The fraction of sp³-hybridized carbons (Fsp3) is 0.211. The van der Waals surface area contributed by atoms with E-state index in [9.17, 15) is 13.2 Å². The molecule has 136 valence electrons. The predicted octanol–water partition coefficient (Wildman–Crippen LogP) is 4.02. The molecule has 0 atom stereocenters. The fourth-order valence-electron chi connectivity index (χ4n) is 3.03. The molecule has 0 aliphatic carbocycles. The van der Waals surface area contributed by atoms with Gasteiger partial charge in [-0.25, -0.2) is 8.42 Å². The number of fused-ring (bicyclic) bond motifs is 1. The van der Waals surface area contributed by atoms with Crippen molar-refractivity contribution in [1.82, 2.24) is 10.3 Å². The number of H-pyrrole nitrogens is 1. The van der Waals surface area contributed by atoms with Gasteiger partial charge in [-0.05, 0) is 62.2 Å². The van der Waals surface area contributed by atoms with Gasteiger partial charge < -0.3 is 10.3 Å². The maximum Gasteiger partial charge on any atom is 0.269 e. The van der Waals surface area contributed by atoms with Gasteiger partial charge in [-0.3, -0.25) is 4.79 Å². The molecule has 0 aliphatic heterocycles. The standard InChI is InChI=1S/C19H19ClN2O3S/c1-4-21-19(23)17-18(15-10-13(20)5-6-16(15)22-17)26(24,25)14-8-11(2)7-12(3)9-14/h5-10,22H,4H2,1-3H3,(H,21,23). The van der Waals surface area contributed by atoms with Gasteiger partial charge in [0.2, 0.25) is 9.84 Å². The van der Waals surface area contributed by atoms with Crippen LogP contribution < -0.4 is 5.32 Å². The number of nitrogens with one attached hydrogen (secondary N) is 2. The summed E-state index contributed by atoms with van der Waals surface area (Å²) >= 11 is 6.08. The number of hydrogen-bond acceptors (Lipinski definition) is 3. The van der Waals surface area contributed by atoms with E-state index in [0.717, 1.165) is 11.1 Å². The topological polar surface area (TPSA) is 79.0 Å². The highest BCUT2D eigenvalue weighted by Gasteiger charge is 2.29. The number of carbonyl (C=O) groups excluding carboxylic acids is 1. The first-order chi connectivity index (χ1) is 12.2. The van der Waals surface area contributed by atoms with Crippen LogP contribution in [0.15, 0.2) is 46.2 Å². The number of benzene rings is 2. The van der Waals surface area contributed by atoms with Crippen LogP contribution in [0.3, 0.4) is 0 Å². The van der Waals surface area contributed by atoms with E-state index in [4.69, 9.17) is 11.6 Å². The SMILES string of the molecule is CCNC(=O)c1[nH]c2ccc(Cl)cc2c1S(=O)(=O)c1cc(C)cc(C)c1. The third-order valence-electron chi connectivity index (χ3n) is 4.05. The van der Waals surface area contributed by atoms with Crippen LogP contribution >= 0.6 is 11.6 Å². The molecule has 0 unspecified atom stereocenters. The maximum absolute atomic E-state index is 13.4. The molecule has 1 aromatic heterocycles. The molecule has 0 saturated heterocycles. The molecule has 1 amide bonds. The highest BCUT2D eigenvalue weighted by molar-refractivity contribution is 7.91. The Hall–Kier alpha value is -2.31. The number of sulfone groups is 1. The van der Waals surface area contributed by atoms with Gasteiger partial charge >= 0.3 is 0 Å². The van der Waals surface area contributed by atoms with E-state index >= 15 is 0 Å². The number of halogens is 1. The van der Waals surface area contributed by atoms with E-state index in [2.05, 4.69) is 10.3 Å². The Kier molecular flexibility index (Phi) is 4.82. The van der Waals surface area contributed by atoms with E-state index in [1.165, 1.54) is 0 Å². The Morgan fingerprint density at radius 2 is 1.77 bits per heavy atom. The first kappa shape index (κ1) is 18.5. The Morgan fingerprint density at radius 1 is 1.12 bits per heavy atom. The lowest BCUT2D eigenvalue weighted by atomic mass is 10.2. The van der Waals surface area contributed by atoms with Gasteiger partial charge in [0, 0.05) is 22.5 Å². The number of rotatable bonds is 4. The second-order valence-electron chi connectivity index (χ2n) is 6.21. The van der Waals surface area contributed by atoms with Crippen LogP contribution in [-0.2, 0) is 9.84 Å². The minimum atomic E-state index is -3.93. The Morgan fingerprint density at radius 3 is 2.38 bits per heavy atom. The lowest BCUT2D eigenvalue weighted by Crippen LogP contribution is -2.25. The number of aryl methyl sites for hydroxylation is 2. The number of hydrogen-bond donors (Lipinski definition) is 2. The summed E-state index contributed by atoms with van der Waals surface area (Å²) in [6, 6.07) is 9.98. The summed E-state index contributed by atoms with van der Waals surface area (Å²) in [6.45, 7) is 5.83. The quantitative estimate of drug-likeness (QED) is 0.706. The van der Waals surface area contributed by atoms with Crippen LogP contribution in [0.25, 0.3) is 10.9 Å². The van der Waals surface area contributed by atoms with Crippen molar-refractivity contribution < 1.29 is 13.2 Å². The minimum Gasteiger partial charge on any atom is -0.351 e. The zero-order valence-electron chi connectivity index (χ0n) is 14.7. The smallest absolute Gasteiger partial charge is 0.269 e. The largest absolute Gasteiger partial charge is 0.351 e. The average molecular weight is 391 g/mol. The normalized spacial score (nSPS) is 11.7. The molecule has 0 aliphatic rings. The van der Waals surface area contributed by atoms with E-state index in [1.807, 2.05) is 19.9 Å². The average Bonchev–Trinajstić information content (AvgIpc) is 2.93. The molecular formula is C19H19ClN2O3S. The molecule has 3 rings (SSSR count). The van der Waals surface area contributed by atoms with Crippen molar-refractivity contribution in [3.8, 4) is 0 Å². The third kappa shape index (κ3) is 3.22. The van der Waals surface area contributed by atoms with E-state index in [0.29, 0.717) is 22.5 Å². The highest BCUT2D eigenvalue weighted by Crippen LogP contribution is 2.34. The summed E-state index contributed by atoms with van der Waals surface area (Å²) < 4.78 is 26.8. The van der Waals surface area contributed by atoms with Crippen molar-refractivity contribution in [1.29, 1.82) is 0 Å². The number of carbonyl (C=O) groups is 1. The minimum absolute atomic E-state index is 0.0169. The van der Waals surface area contributed by atoms with E-state index in [1.54, 1.807) is 37.3 Å². The van der Waals surface area contributed by atoms with Gasteiger partial charge in [-0.1, -0.05) is 17.7 Å². The lowest BCUT2D eigenvalue weighted by Gasteiger charge is -2.09. The summed E-state index contributed by atoms with van der Waals surface area (Å²) in [4.78, 5) is 15.5. The summed E-state index contributed by atoms with van der Waals surface area (Å²) in [7, 11) is -3.93. The molecule has 7 heteroatoms. The number of amides is 1. The molecule has 1 heterocycles. The Labute approximate surface area is 157 Å². The van der Waals surface area contributed by atoms with Gasteiger partial charge in [0.1, 0.15) is 10.6 Å². The van der Waals surface area contributed by atoms with Crippen molar-refractivity contribution in [2.45, 2.75) is 30.6 Å². The van der Waals surface area contributed by atoms with Gasteiger partial charge in [0.05, 0.1) is 4.90 Å². The van der Waals surface area contributed by atoms with Crippen LogP contribution in [0.5, 0.6) is 0 Å². The molecule has 0 saturated carbocycles. The van der Waals surface area contributed by atoms with Gasteiger partial charge in [0.15, 0.2) is 0 Å². The Bertz CT molecular complexity index is 1100. The van der Waals surface area contributed by atoms with Gasteiger partial charge in [-0.2, -0.15) is 0 Å². The number of aromatic amines is 1. The monoisotopic (exact) mass is 390 g/mol. The molecule has 2 N–H and O–H groups in total. The van der Waals surface area contributed by atoms with Crippen molar-refractivity contribution >= 4 is 38.2 Å². The van der Waals surface area contributed by atoms with Crippen LogP contribution in [0, 0.1) is 13.8 Å². The maximum atomic E-state index is 13.4. The second kappa shape index (κ2) is 6.78. The summed E-state index contributed by atoms with van der Waals surface area (Å²) in [6.07, 6.45) is 0. The lowest BCUT2D eigenvalue weighted by molar-refractivity contribution is 0.0948. The summed E-state index contributed by atoms with van der Waals surface area (Å²) in [5.74, 6) is -0.470. The highest BCUT2D eigenvalue weighted by atomic mass is 35.5. The molecule has 3 aromatic rings. The van der Waals surface area contributed by atoms with Crippen molar-refractivity contribution in [2.24, 2.45) is 0 Å². The summed E-state index contributed by atoms with van der Waals surface area (Å²) in [5.41, 5.74) is 2.23. The number of aromatic nitrogens is 1. The zero-order chi connectivity index (χ0) is 19.1. The van der Waals surface area contributed by atoms with E-state index < -0.39 is 15.7 Å². The molecule has 0 fully saturated rings. The van der Waals surface area contributed by atoms with Gasteiger partial charge in [0.25, 0.3) is 5.91 Å². The van der Waals surface area contributed by atoms with Crippen molar-refractivity contribution in [2.75, 3.05) is 6.54 Å². The summed E-state index contributed by atoms with van der Waals surface area (Å²) in [5, 5.41) is 3.46. The molecule has 0 bridgehead atoms. The molecule has 5 nitrogen and oxygen atoms in total. The van der Waals surface area contributed by atoms with Crippen LogP contribution in [0.2, 0.25) is 5.02 Å². The molecular weight excluding hydrogens is 372 g/mol. The molecule has 2 aromatic carbocycles. The first-order valence-corrected chi connectivity index (χ1v) is 10.0. The second-order valence-corrected chi connectivity index (χ2v) is 8.53. The predicted molar refractivity (Wildman–Crippen MR) is 103 cm³/mol. The van der Waals surface area contributed by atoms with Crippen molar-refractivity contribution in [3.05, 3.63) is 58.2 Å². The third-order valence-corrected chi connectivity index (χ3v) is 6.10. The van der Waals surface area contributed by atoms with Crippen LogP contribution in [0.4, 0.5) is 0 Å². The molecule has 26 heavy (non-hydrogen) atoms. The van der Waals surface area contributed by atoms with Crippen molar-refractivity contribution in [3.63, 3.8) is 0 Å².